The fraction of sp³-hybridized carbons (Fsp3) is 0.545. The molecule has 0 bridgehead atoms. The zero-order valence-electron chi connectivity index (χ0n) is 10.0. The van der Waals surface area contributed by atoms with E-state index in [-0.39, 0.29) is 22.5 Å². The Bertz CT molecular complexity index is 396. The van der Waals surface area contributed by atoms with Crippen LogP contribution in [-0.2, 0) is 4.74 Å². The van der Waals surface area contributed by atoms with Crippen molar-refractivity contribution < 1.29 is 19.4 Å². The highest BCUT2D eigenvalue weighted by Crippen LogP contribution is 2.29. The van der Waals surface area contributed by atoms with Gasteiger partial charge in [-0.1, -0.05) is 13.3 Å². The number of Topliss-reactive ketones (excluding diaryl/α,β-unsaturated/α-hetero) is 1. The van der Waals surface area contributed by atoms with Gasteiger partial charge in [-0.05, 0) is 6.42 Å². The number of aromatic nitrogens is 1. The molecular formula is C11H15NO4S. The first-order valence-electron chi connectivity index (χ1n) is 5.29. The van der Waals surface area contributed by atoms with Crippen LogP contribution in [0.1, 0.15) is 58.0 Å². The van der Waals surface area contributed by atoms with Crippen molar-refractivity contribution in [1.82, 2.24) is 4.98 Å². The highest BCUT2D eigenvalue weighted by molar-refractivity contribution is 7.14. The van der Waals surface area contributed by atoms with E-state index in [9.17, 15) is 9.59 Å². The number of thiazole rings is 1. The highest BCUT2D eigenvalue weighted by atomic mass is 32.1. The van der Waals surface area contributed by atoms with Crippen molar-refractivity contribution in [3.8, 4) is 0 Å². The van der Waals surface area contributed by atoms with Crippen LogP contribution < -0.4 is 0 Å². The lowest BCUT2D eigenvalue weighted by Gasteiger charge is -2.10. The predicted octanol–water partition coefficient (Wildman–Crippen LogP) is 2.53. The maximum absolute atomic E-state index is 11.3. The maximum Gasteiger partial charge on any atom is 0.356 e. The molecule has 6 heteroatoms. The number of hydrogen-bond donors (Lipinski definition) is 1. The number of carbonyl (C=O) groups excluding carboxylic acids is 1. The lowest BCUT2D eigenvalue weighted by Crippen LogP contribution is -2.05. The van der Waals surface area contributed by atoms with Crippen molar-refractivity contribution in [2.24, 2.45) is 0 Å². The molecule has 1 aromatic heterocycles. The van der Waals surface area contributed by atoms with Crippen molar-refractivity contribution in [2.45, 2.75) is 32.8 Å². The highest BCUT2D eigenvalue weighted by Gasteiger charge is 2.24. The Balaban J connectivity index is 3.14. The summed E-state index contributed by atoms with van der Waals surface area (Å²) in [5.74, 6) is -1.46. The first-order valence-corrected chi connectivity index (χ1v) is 6.10. The summed E-state index contributed by atoms with van der Waals surface area (Å²) >= 11 is 1.10. The molecule has 0 saturated heterocycles. The van der Waals surface area contributed by atoms with E-state index >= 15 is 0 Å². The molecule has 1 rings (SSSR count). The number of ketones is 1. The van der Waals surface area contributed by atoms with Crippen molar-refractivity contribution >= 4 is 23.1 Å². The Kier molecular flexibility index (Phi) is 4.77. The number of carboxylic acids is 1. The van der Waals surface area contributed by atoms with Crippen LogP contribution in [0, 0.1) is 0 Å². The van der Waals surface area contributed by atoms with Gasteiger partial charge in [0, 0.05) is 14.0 Å². The molecule has 1 atom stereocenters. The van der Waals surface area contributed by atoms with E-state index in [0.717, 1.165) is 24.2 Å². The molecule has 0 saturated carbocycles. The van der Waals surface area contributed by atoms with Gasteiger partial charge in [0.2, 0.25) is 0 Å². The molecule has 0 spiro atoms. The van der Waals surface area contributed by atoms with E-state index in [1.54, 1.807) is 7.11 Å². The van der Waals surface area contributed by atoms with Crippen LogP contribution >= 0.6 is 11.3 Å². The third kappa shape index (κ3) is 3.10. The fourth-order valence-electron chi connectivity index (χ4n) is 1.46. The number of carbonyl (C=O) groups is 2. The Hall–Kier alpha value is -1.27. The van der Waals surface area contributed by atoms with Crippen molar-refractivity contribution in [3.63, 3.8) is 0 Å². The van der Waals surface area contributed by atoms with E-state index in [0.29, 0.717) is 5.01 Å². The fourth-order valence-corrected chi connectivity index (χ4v) is 2.53. The molecule has 0 aromatic carbocycles. The van der Waals surface area contributed by atoms with E-state index in [2.05, 4.69) is 4.98 Å². The molecule has 0 aliphatic rings. The molecule has 0 amide bonds. The van der Waals surface area contributed by atoms with Gasteiger partial charge in [0.25, 0.3) is 0 Å². The SMILES string of the molecule is CCCC(OC)c1nc(C(=O)O)c(C(C)=O)s1. The molecule has 5 nitrogen and oxygen atoms in total. The van der Waals surface area contributed by atoms with Gasteiger partial charge in [0.05, 0.1) is 0 Å². The van der Waals surface area contributed by atoms with Gasteiger partial charge in [0.15, 0.2) is 11.5 Å². The average molecular weight is 257 g/mol. The first kappa shape index (κ1) is 13.8. The summed E-state index contributed by atoms with van der Waals surface area (Å²) < 4.78 is 5.25. The minimum Gasteiger partial charge on any atom is -0.476 e. The predicted molar refractivity (Wildman–Crippen MR) is 63.7 cm³/mol. The second kappa shape index (κ2) is 5.88. The summed E-state index contributed by atoms with van der Waals surface area (Å²) in [7, 11) is 1.55. The average Bonchev–Trinajstić information content (AvgIpc) is 2.70. The standard InChI is InChI=1S/C11H15NO4S/c1-4-5-7(16-3)10-12-8(11(14)15)9(17-10)6(2)13/h7H,4-5H2,1-3H3,(H,14,15). The van der Waals surface area contributed by atoms with Gasteiger partial charge in [-0.25, -0.2) is 9.78 Å². The third-order valence-corrected chi connectivity index (χ3v) is 3.53. The number of ether oxygens (including phenoxy) is 1. The summed E-state index contributed by atoms with van der Waals surface area (Å²) in [6.45, 7) is 3.34. The van der Waals surface area contributed by atoms with Crippen LogP contribution in [0.2, 0.25) is 0 Å². The molecule has 17 heavy (non-hydrogen) atoms. The van der Waals surface area contributed by atoms with E-state index in [1.165, 1.54) is 6.92 Å². The monoisotopic (exact) mass is 257 g/mol. The molecule has 1 aromatic rings. The summed E-state index contributed by atoms with van der Waals surface area (Å²) in [6.07, 6.45) is 1.41. The second-order valence-electron chi connectivity index (χ2n) is 3.60. The number of hydrogen-bond acceptors (Lipinski definition) is 5. The van der Waals surface area contributed by atoms with Crippen LogP contribution in [0.4, 0.5) is 0 Å². The number of rotatable bonds is 6. The number of nitrogens with zero attached hydrogens (tertiary/aromatic N) is 1. The summed E-state index contributed by atoms with van der Waals surface area (Å²) in [5, 5.41) is 9.52. The number of aromatic carboxylic acids is 1. The van der Waals surface area contributed by atoms with Crippen LogP contribution in [0.15, 0.2) is 0 Å². The Morgan fingerprint density at radius 3 is 2.53 bits per heavy atom. The topological polar surface area (TPSA) is 76.5 Å². The summed E-state index contributed by atoms with van der Waals surface area (Å²) in [5.41, 5.74) is -0.171. The molecule has 0 aliphatic carbocycles. The van der Waals surface area contributed by atoms with Crippen molar-refractivity contribution in [3.05, 3.63) is 15.6 Å². The molecule has 94 valence electrons. The van der Waals surface area contributed by atoms with Crippen molar-refractivity contribution in [2.75, 3.05) is 7.11 Å². The van der Waals surface area contributed by atoms with Gasteiger partial charge in [0.1, 0.15) is 16.0 Å². The minimum absolute atomic E-state index is 0.171. The number of methoxy groups -OCH3 is 1. The van der Waals surface area contributed by atoms with Gasteiger partial charge in [-0.3, -0.25) is 4.79 Å². The molecule has 1 unspecified atom stereocenters. The number of carboxylic acid groups (broad SMARTS) is 1. The molecule has 1 heterocycles. The Morgan fingerprint density at radius 1 is 1.53 bits per heavy atom. The molecule has 0 radical (unpaired) electrons. The molecule has 1 N–H and O–H groups in total. The third-order valence-electron chi connectivity index (χ3n) is 2.28. The lowest BCUT2D eigenvalue weighted by molar-refractivity contribution is 0.0684. The quantitative estimate of drug-likeness (QED) is 0.792. The van der Waals surface area contributed by atoms with Gasteiger partial charge in [-0.2, -0.15) is 0 Å². The smallest absolute Gasteiger partial charge is 0.356 e. The zero-order valence-corrected chi connectivity index (χ0v) is 10.8. The second-order valence-corrected chi connectivity index (χ2v) is 4.63. The maximum atomic E-state index is 11.3. The van der Waals surface area contributed by atoms with E-state index in [4.69, 9.17) is 9.84 Å². The minimum atomic E-state index is -1.18. The van der Waals surface area contributed by atoms with Gasteiger partial charge >= 0.3 is 5.97 Å². The van der Waals surface area contributed by atoms with Crippen LogP contribution in [-0.4, -0.2) is 29.0 Å². The first-order chi connectivity index (χ1) is 8.01. The van der Waals surface area contributed by atoms with Gasteiger partial charge in [-0.15, -0.1) is 11.3 Å². The molecular weight excluding hydrogens is 242 g/mol. The Labute approximate surface area is 103 Å². The zero-order chi connectivity index (χ0) is 13.0. The largest absolute Gasteiger partial charge is 0.476 e. The van der Waals surface area contributed by atoms with Crippen LogP contribution in [0.5, 0.6) is 0 Å². The lowest BCUT2D eigenvalue weighted by atomic mass is 10.2. The molecule has 0 aliphatic heterocycles. The van der Waals surface area contributed by atoms with E-state index < -0.39 is 5.97 Å². The van der Waals surface area contributed by atoms with Crippen LogP contribution in [0.3, 0.4) is 0 Å². The molecule has 0 fully saturated rings. The van der Waals surface area contributed by atoms with E-state index in [1.807, 2.05) is 6.92 Å². The van der Waals surface area contributed by atoms with Crippen molar-refractivity contribution in [1.29, 1.82) is 0 Å². The normalized spacial score (nSPS) is 12.4. The Morgan fingerprint density at radius 2 is 2.18 bits per heavy atom. The van der Waals surface area contributed by atoms with Crippen LogP contribution in [0.25, 0.3) is 0 Å². The summed E-state index contributed by atoms with van der Waals surface area (Å²) in [4.78, 5) is 26.5. The van der Waals surface area contributed by atoms with Gasteiger partial charge < -0.3 is 9.84 Å². The summed E-state index contributed by atoms with van der Waals surface area (Å²) in [6, 6.07) is 0.